The average Bonchev–Trinajstić information content (AvgIpc) is 3.14. The van der Waals surface area contributed by atoms with Gasteiger partial charge in [0, 0.05) is 12.1 Å². The zero-order valence-electron chi connectivity index (χ0n) is 16.1. The van der Waals surface area contributed by atoms with E-state index in [1.165, 1.54) is 48.4 Å². The molecule has 2 aromatic carbocycles. The quantitative estimate of drug-likeness (QED) is 0.300. The number of thioether (sulfide) groups is 1. The van der Waals surface area contributed by atoms with Crippen molar-refractivity contribution in [3.8, 4) is 5.75 Å². The van der Waals surface area contributed by atoms with Crippen molar-refractivity contribution in [3.63, 3.8) is 0 Å². The molecule has 2 N–H and O–H groups in total. The molecule has 0 radical (unpaired) electrons. The molecule has 1 aromatic heterocycles. The summed E-state index contributed by atoms with van der Waals surface area (Å²) in [7, 11) is 1.41. The van der Waals surface area contributed by atoms with E-state index in [4.69, 9.17) is 4.74 Å². The number of nitrogens with one attached hydrogen (secondary N) is 2. The molecule has 0 atom stereocenters. The van der Waals surface area contributed by atoms with E-state index in [-0.39, 0.29) is 28.9 Å². The number of hydrogen-bond donors (Lipinski definition) is 2. The first-order valence-electron chi connectivity index (χ1n) is 8.85. The number of ether oxygens (including phenoxy) is 1. The highest BCUT2D eigenvalue weighted by Gasteiger charge is 2.18. The van der Waals surface area contributed by atoms with E-state index in [0.29, 0.717) is 22.2 Å². The van der Waals surface area contributed by atoms with Crippen LogP contribution in [-0.4, -0.2) is 34.6 Å². The van der Waals surface area contributed by atoms with Gasteiger partial charge in [0.2, 0.25) is 11.8 Å². The van der Waals surface area contributed by atoms with E-state index >= 15 is 0 Å². The highest BCUT2D eigenvalue weighted by Crippen LogP contribution is 2.32. The molecule has 0 aliphatic rings. The summed E-state index contributed by atoms with van der Waals surface area (Å²) in [5.74, 6) is -0.0816. The lowest BCUT2D eigenvalue weighted by Crippen LogP contribution is -2.15. The number of benzene rings is 2. The summed E-state index contributed by atoms with van der Waals surface area (Å²) < 4.78 is 6.55. The zero-order valence-corrected chi connectivity index (χ0v) is 17.8. The van der Waals surface area contributed by atoms with Crippen LogP contribution in [0.25, 0.3) is 10.2 Å². The summed E-state index contributed by atoms with van der Waals surface area (Å²) >= 11 is 2.64. The Morgan fingerprint density at radius 2 is 2.00 bits per heavy atom. The fourth-order valence-electron chi connectivity index (χ4n) is 2.50. The van der Waals surface area contributed by atoms with E-state index in [1.54, 1.807) is 13.0 Å². The van der Waals surface area contributed by atoms with Crippen molar-refractivity contribution in [2.24, 2.45) is 0 Å². The van der Waals surface area contributed by atoms with Gasteiger partial charge in [-0.15, -0.1) is 11.3 Å². The Balaban J connectivity index is 1.65. The Kier molecular flexibility index (Phi) is 6.85. The summed E-state index contributed by atoms with van der Waals surface area (Å²) in [5.41, 5.74) is 1.32. The molecule has 9 nitrogen and oxygen atoms in total. The van der Waals surface area contributed by atoms with Crippen LogP contribution in [0.3, 0.4) is 0 Å². The maximum absolute atomic E-state index is 12.3. The van der Waals surface area contributed by atoms with Crippen LogP contribution in [0.4, 0.5) is 17.1 Å². The van der Waals surface area contributed by atoms with E-state index < -0.39 is 4.92 Å². The minimum absolute atomic E-state index is 0.0441. The smallest absolute Gasteiger partial charge is 0.296 e. The first-order chi connectivity index (χ1) is 14.4. The van der Waals surface area contributed by atoms with Gasteiger partial charge in [0.25, 0.3) is 5.69 Å². The molecule has 0 unspecified atom stereocenters. The highest BCUT2D eigenvalue weighted by molar-refractivity contribution is 8.01. The summed E-state index contributed by atoms with van der Waals surface area (Å²) in [6.45, 7) is 1.78. The lowest BCUT2D eigenvalue weighted by atomic mass is 10.2. The number of aromatic nitrogens is 1. The Bertz CT molecular complexity index is 1120. The molecule has 0 fully saturated rings. The number of thiazole rings is 1. The minimum atomic E-state index is -0.576. The van der Waals surface area contributed by atoms with Crippen LogP contribution in [-0.2, 0) is 9.59 Å². The van der Waals surface area contributed by atoms with Crippen molar-refractivity contribution < 1.29 is 19.2 Å². The molecule has 0 aliphatic heterocycles. The van der Waals surface area contributed by atoms with E-state index in [1.807, 2.05) is 12.1 Å². The van der Waals surface area contributed by atoms with E-state index in [2.05, 4.69) is 15.6 Å². The van der Waals surface area contributed by atoms with Crippen LogP contribution in [0.1, 0.15) is 13.3 Å². The van der Waals surface area contributed by atoms with E-state index in [9.17, 15) is 19.7 Å². The Morgan fingerprint density at radius 3 is 2.70 bits per heavy atom. The third-order valence-corrected chi connectivity index (χ3v) is 6.14. The SMILES string of the molecule is CCC(=O)Nc1ccc2nc(SCC(=O)Nc3ccc(OC)cc3[N+](=O)[O-])sc2c1. The number of methoxy groups -OCH3 is 1. The normalized spacial score (nSPS) is 10.6. The van der Waals surface area contributed by atoms with Crippen LogP contribution < -0.4 is 15.4 Å². The van der Waals surface area contributed by atoms with Crippen LogP contribution in [0, 0.1) is 10.1 Å². The molecule has 30 heavy (non-hydrogen) atoms. The number of nitrogens with zero attached hydrogens (tertiary/aromatic N) is 2. The van der Waals surface area contributed by atoms with Gasteiger partial charge in [-0.2, -0.15) is 0 Å². The lowest BCUT2D eigenvalue weighted by molar-refractivity contribution is -0.384. The number of fused-ring (bicyclic) bond motifs is 1. The summed E-state index contributed by atoms with van der Waals surface area (Å²) in [4.78, 5) is 38.9. The number of rotatable bonds is 8. The molecule has 0 aliphatic carbocycles. The number of amides is 2. The Hall–Kier alpha value is -3.18. The Labute approximate surface area is 180 Å². The molecular formula is C19H18N4O5S2. The second-order valence-electron chi connectivity index (χ2n) is 6.04. The van der Waals surface area contributed by atoms with Crippen molar-refractivity contribution in [2.45, 2.75) is 17.7 Å². The maximum Gasteiger partial charge on any atom is 0.296 e. The van der Waals surface area contributed by atoms with Crippen molar-refractivity contribution in [1.29, 1.82) is 0 Å². The number of nitro benzene ring substituents is 1. The molecule has 1 heterocycles. The molecule has 0 spiro atoms. The first kappa shape index (κ1) is 21.5. The van der Waals surface area contributed by atoms with Gasteiger partial charge in [-0.3, -0.25) is 19.7 Å². The van der Waals surface area contributed by atoms with Crippen LogP contribution in [0.5, 0.6) is 5.75 Å². The lowest BCUT2D eigenvalue weighted by Gasteiger charge is -2.07. The molecule has 156 valence electrons. The number of nitro groups is 1. The standard InChI is InChI=1S/C19H18N4O5S2/c1-3-17(24)20-11-4-6-14-16(8-11)30-19(22-14)29-10-18(25)21-13-7-5-12(28-2)9-15(13)23(26)27/h4-9H,3,10H2,1-2H3,(H,20,24)(H,21,25). The minimum Gasteiger partial charge on any atom is -0.496 e. The molecule has 0 saturated heterocycles. The number of carbonyl (C=O) groups excluding carboxylic acids is 2. The van der Waals surface area contributed by atoms with Crippen molar-refractivity contribution >= 4 is 62.2 Å². The summed E-state index contributed by atoms with van der Waals surface area (Å²) in [6.07, 6.45) is 0.392. The molecule has 0 bridgehead atoms. The number of anilines is 2. The van der Waals surface area contributed by atoms with Gasteiger partial charge in [0.05, 0.1) is 34.1 Å². The van der Waals surface area contributed by atoms with Crippen LogP contribution in [0.15, 0.2) is 40.7 Å². The highest BCUT2D eigenvalue weighted by atomic mass is 32.2. The largest absolute Gasteiger partial charge is 0.496 e. The molecular weight excluding hydrogens is 428 g/mol. The van der Waals surface area contributed by atoms with Crippen molar-refractivity contribution in [1.82, 2.24) is 4.98 Å². The monoisotopic (exact) mass is 446 g/mol. The third-order valence-electron chi connectivity index (χ3n) is 3.98. The van der Waals surface area contributed by atoms with Gasteiger partial charge in [0.1, 0.15) is 11.4 Å². The van der Waals surface area contributed by atoms with Crippen LogP contribution >= 0.6 is 23.1 Å². The van der Waals surface area contributed by atoms with E-state index in [0.717, 1.165) is 10.2 Å². The summed E-state index contributed by atoms with van der Waals surface area (Å²) in [5, 5.41) is 16.6. The predicted molar refractivity (Wildman–Crippen MR) is 118 cm³/mol. The molecule has 11 heteroatoms. The van der Waals surface area contributed by atoms with Crippen molar-refractivity contribution in [3.05, 3.63) is 46.5 Å². The van der Waals surface area contributed by atoms with Gasteiger partial charge in [-0.05, 0) is 30.3 Å². The van der Waals surface area contributed by atoms with Gasteiger partial charge in [-0.25, -0.2) is 4.98 Å². The van der Waals surface area contributed by atoms with Gasteiger partial charge in [-0.1, -0.05) is 18.7 Å². The molecule has 2 amide bonds. The fourth-order valence-corrected chi connectivity index (χ4v) is 4.41. The first-order valence-corrected chi connectivity index (χ1v) is 10.7. The average molecular weight is 447 g/mol. The topological polar surface area (TPSA) is 123 Å². The van der Waals surface area contributed by atoms with Gasteiger partial charge in [0.15, 0.2) is 4.34 Å². The predicted octanol–water partition coefficient (Wildman–Crippen LogP) is 4.29. The van der Waals surface area contributed by atoms with Crippen LogP contribution in [0.2, 0.25) is 0 Å². The van der Waals surface area contributed by atoms with Gasteiger partial charge < -0.3 is 15.4 Å². The maximum atomic E-state index is 12.3. The number of hydrogen-bond acceptors (Lipinski definition) is 8. The molecule has 3 rings (SSSR count). The second kappa shape index (κ2) is 9.55. The second-order valence-corrected chi connectivity index (χ2v) is 8.29. The Morgan fingerprint density at radius 1 is 1.20 bits per heavy atom. The molecule has 3 aromatic rings. The van der Waals surface area contributed by atoms with Crippen molar-refractivity contribution in [2.75, 3.05) is 23.5 Å². The summed E-state index contributed by atoms with van der Waals surface area (Å²) in [6, 6.07) is 9.65. The third kappa shape index (κ3) is 5.24. The molecule has 0 saturated carbocycles. The fraction of sp³-hybridized carbons (Fsp3) is 0.211. The van der Waals surface area contributed by atoms with Gasteiger partial charge >= 0.3 is 0 Å². The number of carbonyl (C=O) groups is 2. The zero-order chi connectivity index (χ0) is 21.7.